The third-order valence-corrected chi connectivity index (χ3v) is 3.83. The van der Waals surface area contributed by atoms with Gasteiger partial charge in [0.15, 0.2) is 0 Å². The van der Waals surface area contributed by atoms with Crippen LogP contribution in [0.25, 0.3) is 0 Å². The third kappa shape index (κ3) is 2.79. The minimum absolute atomic E-state index is 0.0178. The van der Waals surface area contributed by atoms with Gasteiger partial charge in [-0.05, 0) is 42.4 Å². The van der Waals surface area contributed by atoms with Gasteiger partial charge in [0, 0.05) is 11.6 Å². The van der Waals surface area contributed by atoms with Crippen molar-refractivity contribution in [3.05, 3.63) is 65.2 Å². The first-order valence-corrected chi connectivity index (χ1v) is 6.85. The van der Waals surface area contributed by atoms with Crippen LogP contribution in [0, 0.1) is 5.92 Å². The molecule has 0 heterocycles. The summed E-state index contributed by atoms with van der Waals surface area (Å²) in [5.41, 5.74) is 9.58. The average Bonchev–Trinajstić information content (AvgIpc) is 3.26. The Morgan fingerprint density at radius 2 is 1.79 bits per heavy atom. The first-order chi connectivity index (χ1) is 9.24. The molecule has 0 amide bonds. The Bertz CT molecular complexity index is 561. The highest BCUT2D eigenvalue weighted by Crippen LogP contribution is 2.42. The molecule has 0 radical (unpaired) electrons. The van der Waals surface area contributed by atoms with Gasteiger partial charge in [-0.25, -0.2) is 0 Å². The number of hydrogen-bond acceptors (Lipinski definition) is 2. The van der Waals surface area contributed by atoms with Gasteiger partial charge in [0.1, 0.15) is 5.75 Å². The van der Waals surface area contributed by atoms with Crippen molar-refractivity contribution in [3.8, 4) is 5.75 Å². The van der Waals surface area contributed by atoms with Crippen molar-refractivity contribution < 1.29 is 5.11 Å². The van der Waals surface area contributed by atoms with Gasteiger partial charge in [-0.2, -0.15) is 0 Å². The van der Waals surface area contributed by atoms with E-state index >= 15 is 0 Å². The first-order valence-electron chi connectivity index (χ1n) is 6.85. The summed E-state index contributed by atoms with van der Waals surface area (Å²) in [5, 5.41) is 9.97. The Morgan fingerprint density at radius 1 is 1.05 bits per heavy atom. The zero-order chi connectivity index (χ0) is 13.2. The topological polar surface area (TPSA) is 46.2 Å². The molecule has 2 aromatic carbocycles. The summed E-state index contributed by atoms with van der Waals surface area (Å²) >= 11 is 0. The highest BCUT2D eigenvalue weighted by Gasteiger charge is 2.31. The molecule has 0 spiro atoms. The van der Waals surface area contributed by atoms with Crippen LogP contribution in [-0.4, -0.2) is 5.11 Å². The SMILES string of the molecule is NC(c1cc(Cc2ccccc2)ccc1O)C1CC1. The van der Waals surface area contributed by atoms with Crippen molar-refractivity contribution in [2.24, 2.45) is 11.7 Å². The first kappa shape index (κ1) is 12.2. The molecule has 2 nitrogen and oxygen atoms in total. The van der Waals surface area contributed by atoms with Gasteiger partial charge >= 0.3 is 0 Å². The van der Waals surface area contributed by atoms with Crippen molar-refractivity contribution >= 4 is 0 Å². The summed E-state index contributed by atoms with van der Waals surface area (Å²) in [6.45, 7) is 0. The molecule has 1 atom stereocenters. The molecule has 0 aliphatic heterocycles. The lowest BCUT2D eigenvalue weighted by atomic mass is 9.97. The third-order valence-electron chi connectivity index (χ3n) is 3.83. The van der Waals surface area contributed by atoms with Crippen molar-refractivity contribution in [2.75, 3.05) is 0 Å². The van der Waals surface area contributed by atoms with E-state index in [1.165, 1.54) is 24.0 Å². The van der Waals surface area contributed by atoms with E-state index in [1.54, 1.807) is 6.07 Å². The summed E-state index contributed by atoms with van der Waals surface area (Å²) in [6.07, 6.45) is 3.25. The van der Waals surface area contributed by atoms with Crippen molar-refractivity contribution in [2.45, 2.75) is 25.3 Å². The van der Waals surface area contributed by atoms with Gasteiger partial charge in [-0.3, -0.25) is 0 Å². The standard InChI is InChI=1S/C17H19NO/c18-17(14-7-8-14)15-11-13(6-9-16(15)19)10-12-4-2-1-3-5-12/h1-6,9,11,14,17,19H,7-8,10,18H2. The molecule has 2 aromatic rings. The van der Waals surface area contributed by atoms with Crippen LogP contribution < -0.4 is 5.73 Å². The molecular formula is C17H19NO. The normalized spacial score (nSPS) is 16.3. The van der Waals surface area contributed by atoms with E-state index in [4.69, 9.17) is 5.73 Å². The number of nitrogens with two attached hydrogens (primary N) is 1. The highest BCUT2D eigenvalue weighted by molar-refractivity contribution is 5.40. The van der Waals surface area contributed by atoms with Gasteiger partial charge < -0.3 is 10.8 Å². The Labute approximate surface area is 113 Å². The van der Waals surface area contributed by atoms with Gasteiger partial charge in [0.2, 0.25) is 0 Å². The number of aromatic hydroxyl groups is 1. The second-order valence-electron chi connectivity index (χ2n) is 5.42. The van der Waals surface area contributed by atoms with Crippen LogP contribution in [0.4, 0.5) is 0 Å². The second-order valence-corrected chi connectivity index (χ2v) is 5.42. The van der Waals surface area contributed by atoms with E-state index in [1.807, 2.05) is 24.3 Å². The summed E-state index contributed by atoms with van der Waals surface area (Å²) in [4.78, 5) is 0. The molecule has 1 fully saturated rings. The molecule has 19 heavy (non-hydrogen) atoms. The largest absolute Gasteiger partial charge is 0.508 e. The second kappa shape index (κ2) is 5.06. The molecule has 0 saturated heterocycles. The van der Waals surface area contributed by atoms with E-state index in [9.17, 15) is 5.11 Å². The van der Waals surface area contributed by atoms with Crippen LogP contribution in [0.3, 0.4) is 0 Å². The number of rotatable bonds is 4. The summed E-state index contributed by atoms with van der Waals surface area (Å²) < 4.78 is 0. The lowest BCUT2D eigenvalue weighted by Crippen LogP contribution is -2.12. The van der Waals surface area contributed by atoms with Crippen LogP contribution in [0.5, 0.6) is 5.75 Å². The number of benzene rings is 2. The Kier molecular flexibility index (Phi) is 3.26. The maximum absolute atomic E-state index is 9.97. The molecule has 0 aromatic heterocycles. The maximum Gasteiger partial charge on any atom is 0.120 e. The number of hydrogen-bond donors (Lipinski definition) is 2. The maximum atomic E-state index is 9.97. The fourth-order valence-electron chi connectivity index (χ4n) is 2.52. The zero-order valence-corrected chi connectivity index (χ0v) is 10.9. The Hall–Kier alpha value is -1.80. The monoisotopic (exact) mass is 253 g/mol. The molecule has 3 rings (SSSR count). The van der Waals surface area contributed by atoms with Crippen molar-refractivity contribution in [3.63, 3.8) is 0 Å². The summed E-state index contributed by atoms with van der Waals surface area (Å²) in [5.74, 6) is 0.883. The van der Waals surface area contributed by atoms with Crippen molar-refractivity contribution in [1.82, 2.24) is 0 Å². The van der Waals surface area contributed by atoms with Gasteiger partial charge in [0.05, 0.1) is 0 Å². The molecule has 1 unspecified atom stereocenters. The molecule has 98 valence electrons. The predicted octanol–water partition coefficient (Wildman–Crippen LogP) is 3.39. The fraction of sp³-hybridized carbons (Fsp3) is 0.294. The quantitative estimate of drug-likeness (QED) is 0.877. The van der Waals surface area contributed by atoms with E-state index in [2.05, 4.69) is 18.2 Å². The molecule has 1 aliphatic carbocycles. The van der Waals surface area contributed by atoms with Gasteiger partial charge in [0.25, 0.3) is 0 Å². The lowest BCUT2D eigenvalue weighted by molar-refractivity contribution is 0.456. The molecule has 0 bridgehead atoms. The van der Waals surface area contributed by atoms with Crippen LogP contribution in [0.15, 0.2) is 48.5 Å². The Morgan fingerprint density at radius 3 is 2.47 bits per heavy atom. The molecule has 3 N–H and O–H groups in total. The summed E-state index contributed by atoms with van der Waals surface area (Å²) in [7, 11) is 0. The smallest absolute Gasteiger partial charge is 0.120 e. The predicted molar refractivity (Wildman–Crippen MR) is 77.0 cm³/mol. The van der Waals surface area contributed by atoms with Gasteiger partial charge in [-0.1, -0.05) is 42.5 Å². The van der Waals surface area contributed by atoms with E-state index in [0.29, 0.717) is 11.7 Å². The van der Waals surface area contributed by atoms with E-state index in [-0.39, 0.29) is 6.04 Å². The minimum Gasteiger partial charge on any atom is -0.508 e. The summed E-state index contributed by atoms with van der Waals surface area (Å²) in [6, 6.07) is 16.2. The average molecular weight is 253 g/mol. The molecular weight excluding hydrogens is 234 g/mol. The van der Waals surface area contributed by atoms with Crippen LogP contribution in [0.2, 0.25) is 0 Å². The lowest BCUT2D eigenvalue weighted by Gasteiger charge is -2.14. The fourth-order valence-corrected chi connectivity index (χ4v) is 2.52. The number of phenolic OH excluding ortho intramolecular Hbond substituents is 1. The van der Waals surface area contributed by atoms with Crippen LogP contribution in [-0.2, 0) is 6.42 Å². The van der Waals surface area contributed by atoms with Crippen LogP contribution >= 0.6 is 0 Å². The molecule has 2 heteroatoms. The molecule has 1 aliphatic rings. The van der Waals surface area contributed by atoms with E-state index < -0.39 is 0 Å². The highest BCUT2D eigenvalue weighted by atomic mass is 16.3. The molecule has 1 saturated carbocycles. The van der Waals surface area contributed by atoms with Gasteiger partial charge in [-0.15, -0.1) is 0 Å². The van der Waals surface area contributed by atoms with Crippen molar-refractivity contribution in [1.29, 1.82) is 0 Å². The van der Waals surface area contributed by atoms with Crippen LogP contribution in [0.1, 0.15) is 35.6 Å². The Balaban J connectivity index is 1.84. The minimum atomic E-state index is -0.0178. The van der Waals surface area contributed by atoms with E-state index in [0.717, 1.165) is 12.0 Å². The number of phenols is 1. The zero-order valence-electron chi connectivity index (χ0n) is 10.9.